The van der Waals surface area contributed by atoms with Gasteiger partial charge in [-0.3, -0.25) is 0 Å². The number of halogens is 3. The molecule has 0 radical (unpaired) electrons. The van der Waals surface area contributed by atoms with Gasteiger partial charge in [0.15, 0.2) is 0 Å². The van der Waals surface area contributed by atoms with Gasteiger partial charge < -0.3 is 5.32 Å². The number of rotatable bonds is 5. The predicted molar refractivity (Wildman–Crippen MR) is 67.4 cm³/mol. The third kappa shape index (κ3) is 4.92. The van der Waals surface area contributed by atoms with E-state index < -0.39 is 11.7 Å². The molecule has 0 saturated heterocycles. The molecule has 0 aliphatic carbocycles. The standard InChI is InChI=1S/C14H18F3N/c1-3-4-8-18-11(2)9-12-6-5-7-13(10-12)14(15,16)17/h3-7,10-11,18H,8-9H2,1-2H3. The second-order valence-electron chi connectivity index (χ2n) is 4.28. The molecule has 1 N–H and O–H groups in total. The molecule has 18 heavy (non-hydrogen) atoms. The lowest BCUT2D eigenvalue weighted by molar-refractivity contribution is -0.137. The summed E-state index contributed by atoms with van der Waals surface area (Å²) in [6.07, 6.45) is 0.228. The largest absolute Gasteiger partial charge is 0.416 e. The van der Waals surface area contributed by atoms with Crippen LogP contribution in [0.25, 0.3) is 0 Å². The van der Waals surface area contributed by atoms with Gasteiger partial charge in [-0.2, -0.15) is 13.2 Å². The fourth-order valence-corrected chi connectivity index (χ4v) is 1.69. The summed E-state index contributed by atoms with van der Waals surface area (Å²) in [5.41, 5.74) is 0.117. The summed E-state index contributed by atoms with van der Waals surface area (Å²) in [5.74, 6) is 0. The van der Waals surface area contributed by atoms with Gasteiger partial charge in [-0.05, 0) is 31.9 Å². The van der Waals surface area contributed by atoms with Crippen LogP contribution in [-0.2, 0) is 12.6 Å². The van der Waals surface area contributed by atoms with Crippen LogP contribution in [0, 0.1) is 0 Å². The van der Waals surface area contributed by atoms with Crippen molar-refractivity contribution >= 4 is 0 Å². The lowest BCUT2D eigenvalue weighted by Gasteiger charge is -2.14. The van der Waals surface area contributed by atoms with Crippen molar-refractivity contribution < 1.29 is 13.2 Å². The van der Waals surface area contributed by atoms with Gasteiger partial charge in [0, 0.05) is 12.6 Å². The fraction of sp³-hybridized carbons (Fsp3) is 0.429. The van der Waals surface area contributed by atoms with Gasteiger partial charge in [-0.1, -0.05) is 30.4 Å². The van der Waals surface area contributed by atoms with E-state index in [0.717, 1.165) is 12.6 Å². The normalized spacial score (nSPS) is 14.1. The quantitative estimate of drug-likeness (QED) is 0.791. The molecule has 1 unspecified atom stereocenters. The number of alkyl halides is 3. The maximum atomic E-state index is 12.5. The first-order valence-corrected chi connectivity index (χ1v) is 5.94. The molecule has 1 nitrogen and oxygen atoms in total. The molecule has 1 aromatic carbocycles. The SMILES string of the molecule is CC=CCNC(C)Cc1cccc(C(F)(F)F)c1. The highest BCUT2D eigenvalue weighted by Crippen LogP contribution is 2.29. The average Bonchev–Trinajstić information content (AvgIpc) is 2.28. The molecular weight excluding hydrogens is 239 g/mol. The molecule has 1 aromatic rings. The zero-order valence-corrected chi connectivity index (χ0v) is 10.6. The van der Waals surface area contributed by atoms with Crippen LogP contribution in [0.4, 0.5) is 13.2 Å². The van der Waals surface area contributed by atoms with Crippen LogP contribution < -0.4 is 5.32 Å². The van der Waals surface area contributed by atoms with Crippen molar-refractivity contribution in [1.29, 1.82) is 0 Å². The topological polar surface area (TPSA) is 12.0 Å². The summed E-state index contributed by atoms with van der Waals surface area (Å²) in [6, 6.07) is 5.64. The summed E-state index contributed by atoms with van der Waals surface area (Å²) < 4.78 is 37.6. The number of hydrogen-bond acceptors (Lipinski definition) is 1. The van der Waals surface area contributed by atoms with Gasteiger partial charge in [-0.15, -0.1) is 0 Å². The summed E-state index contributed by atoms with van der Waals surface area (Å²) >= 11 is 0. The molecule has 4 heteroatoms. The summed E-state index contributed by atoms with van der Waals surface area (Å²) in [5, 5.41) is 3.22. The van der Waals surface area contributed by atoms with E-state index in [9.17, 15) is 13.2 Å². The molecule has 0 aliphatic rings. The van der Waals surface area contributed by atoms with E-state index >= 15 is 0 Å². The molecule has 0 saturated carbocycles. The van der Waals surface area contributed by atoms with Crippen LogP contribution in [0.1, 0.15) is 25.0 Å². The Hall–Kier alpha value is -1.29. The second-order valence-corrected chi connectivity index (χ2v) is 4.28. The van der Waals surface area contributed by atoms with Crippen molar-refractivity contribution in [3.05, 3.63) is 47.5 Å². The minimum Gasteiger partial charge on any atom is -0.310 e. The van der Waals surface area contributed by atoms with E-state index in [1.54, 1.807) is 6.07 Å². The summed E-state index contributed by atoms with van der Waals surface area (Å²) in [4.78, 5) is 0. The Morgan fingerprint density at radius 1 is 1.33 bits per heavy atom. The Balaban J connectivity index is 2.62. The molecule has 1 rings (SSSR count). The molecule has 0 heterocycles. The van der Waals surface area contributed by atoms with Crippen LogP contribution in [0.3, 0.4) is 0 Å². The van der Waals surface area contributed by atoms with E-state index in [4.69, 9.17) is 0 Å². The first-order chi connectivity index (χ1) is 8.43. The van der Waals surface area contributed by atoms with Crippen molar-refractivity contribution in [3.8, 4) is 0 Å². The van der Waals surface area contributed by atoms with Gasteiger partial charge >= 0.3 is 6.18 Å². The van der Waals surface area contributed by atoms with Crippen LogP contribution in [0.5, 0.6) is 0 Å². The Morgan fingerprint density at radius 3 is 2.67 bits per heavy atom. The lowest BCUT2D eigenvalue weighted by Crippen LogP contribution is -2.28. The second kappa shape index (κ2) is 6.59. The Kier molecular flexibility index (Phi) is 5.41. The molecular formula is C14H18F3N. The average molecular weight is 257 g/mol. The van der Waals surface area contributed by atoms with Gasteiger partial charge in [0.05, 0.1) is 5.56 Å². The highest BCUT2D eigenvalue weighted by molar-refractivity contribution is 5.26. The number of hydrogen-bond donors (Lipinski definition) is 1. The Bertz CT molecular complexity index is 396. The number of nitrogens with one attached hydrogen (secondary N) is 1. The molecule has 0 amide bonds. The van der Waals surface area contributed by atoms with Gasteiger partial charge in [0.1, 0.15) is 0 Å². The van der Waals surface area contributed by atoms with Crippen molar-refractivity contribution in [2.45, 2.75) is 32.5 Å². The van der Waals surface area contributed by atoms with Crippen molar-refractivity contribution in [2.24, 2.45) is 0 Å². The Labute approximate surface area is 106 Å². The lowest BCUT2D eigenvalue weighted by atomic mass is 10.0. The monoisotopic (exact) mass is 257 g/mol. The zero-order valence-electron chi connectivity index (χ0n) is 10.6. The highest BCUT2D eigenvalue weighted by Gasteiger charge is 2.30. The van der Waals surface area contributed by atoms with E-state index in [0.29, 0.717) is 12.0 Å². The third-order valence-electron chi connectivity index (χ3n) is 2.62. The molecule has 0 fully saturated rings. The smallest absolute Gasteiger partial charge is 0.310 e. The zero-order chi connectivity index (χ0) is 13.6. The van der Waals surface area contributed by atoms with E-state index in [1.165, 1.54) is 12.1 Å². The highest BCUT2D eigenvalue weighted by atomic mass is 19.4. The first kappa shape index (κ1) is 14.8. The fourth-order valence-electron chi connectivity index (χ4n) is 1.69. The van der Waals surface area contributed by atoms with Crippen LogP contribution in [0.2, 0.25) is 0 Å². The minimum absolute atomic E-state index is 0.143. The predicted octanol–water partition coefficient (Wildman–Crippen LogP) is 3.80. The molecule has 0 aromatic heterocycles. The molecule has 1 atom stereocenters. The maximum absolute atomic E-state index is 12.5. The Morgan fingerprint density at radius 2 is 2.06 bits per heavy atom. The first-order valence-electron chi connectivity index (χ1n) is 5.94. The van der Waals surface area contributed by atoms with Crippen molar-refractivity contribution in [3.63, 3.8) is 0 Å². The summed E-state index contributed by atoms with van der Waals surface area (Å²) in [6.45, 7) is 4.62. The molecule has 100 valence electrons. The maximum Gasteiger partial charge on any atom is 0.416 e. The third-order valence-corrected chi connectivity index (χ3v) is 2.62. The van der Waals surface area contributed by atoms with Crippen LogP contribution in [0.15, 0.2) is 36.4 Å². The molecule has 0 aliphatic heterocycles. The van der Waals surface area contributed by atoms with E-state index in [1.807, 2.05) is 26.0 Å². The molecule has 0 spiro atoms. The van der Waals surface area contributed by atoms with Gasteiger partial charge in [-0.25, -0.2) is 0 Å². The van der Waals surface area contributed by atoms with Crippen LogP contribution >= 0.6 is 0 Å². The van der Waals surface area contributed by atoms with Crippen molar-refractivity contribution in [2.75, 3.05) is 6.54 Å². The van der Waals surface area contributed by atoms with Gasteiger partial charge in [0.2, 0.25) is 0 Å². The minimum atomic E-state index is -4.27. The van der Waals surface area contributed by atoms with Gasteiger partial charge in [0.25, 0.3) is 0 Å². The van der Waals surface area contributed by atoms with Crippen molar-refractivity contribution in [1.82, 2.24) is 5.32 Å². The molecule has 0 bridgehead atoms. The summed E-state index contributed by atoms with van der Waals surface area (Å²) in [7, 11) is 0. The number of benzene rings is 1. The number of allylic oxidation sites excluding steroid dienone is 1. The van der Waals surface area contributed by atoms with E-state index in [2.05, 4.69) is 5.32 Å². The van der Waals surface area contributed by atoms with Crippen LogP contribution in [-0.4, -0.2) is 12.6 Å². The van der Waals surface area contributed by atoms with E-state index in [-0.39, 0.29) is 6.04 Å².